The Balaban J connectivity index is 2.07. The number of unbranched alkanes of at least 4 members (excludes halogenated alkanes) is 2. The van der Waals surface area contributed by atoms with Crippen LogP contribution in [-0.2, 0) is 11.2 Å². The highest BCUT2D eigenvalue weighted by atomic mass is 16.5. The number of aryl methyl sites for hydroxylation is 1. The number of nitrogens with zero attached hydrogens (tertiary/aromatic N) is 1. The summed E-state index contributed by atoms with van der Waals surface area (Å²) in [4.78, 5) is 11.3. The molecular formula is C17H24N4O3. The molecule has 0 saturated carbocycles. The molecule has 0 aliphatic rings. The molecule has 0 atom stereocenters. The number of amides is 1. The van der Waals surface area contributed by atoms with E-state index in [-0.39, 0.29) is 18.1 Å². The van der Waals surface area contributed by atoms with Crippen LogP contribution in [0.15, 0.2) is 24.4 Å². The summed E-state index contributed by atoms with van der Waals surface area (Å²) >= 11 is 0. The van der Waals surface area contributed by atoms with Gasteiger partial charge in [-0.25, -0.2) is 5.84 Å². The molecule has 1 aromatic carbocycles. The van der Waals surface area contributed by atoms with Gasteiger partial charge in [-0.1, -0.05) is 19.8 Å². The molecule has 0 radical (unpaired) electrons. The van der Waals surface area contributed by atoms with Crippen molar-refractivity contribution >= 4 is 5.91 Å². The molecule has 1 amide bonds. The van der Waals surface area contributed by atoms with Gasteiger partial charge < -0.3 is 9.84 Å². The molecule has 2 rings (SSSR count). The first kappa shape index (κ1) is 17.8. The van der Waals surface area contributed by atoms with Crippen molar-refractivity contribution in [2.24, 2.45) is 5.84 Å². The molecule has 0 aliphatic heterocycles. The molecule has 0 fully saturated rings. The number of hydrazine groups is 1. The highest BCUT2D eigenvalue weighted by molar-refractivity contribution is 5.76. The number of ether oxygens (including phenoxy) is 1. The number of aromatic amines is 1. The molecule has 0 saturated heterocycles. The number of H-pyrrole nitrogens is 1. The maximum Gasteiger partial charge on any atom is 0.234 e. The Labute approximate surface area is 141 Å². The minimum absolute atomic E-state index is 0.108. The summed E-state index contributed by atoms with van der Waals surface area (Å²) in [6, 6.07) is 5.20. The van der Waals surface area contributed by atoms with Crippen LogP contribution in [0.5, 0.6) is 11.5 Å². The monoisotopic (exact) mass is 332 g/mol. The summed E-state index contributed by atoms with van der Waals surface area (Å²) in [6.45, 7) is 2.77. The van der Waals surface area contributed by atoms with Crippen LogP contribution in [0.3, 0.4) is 0 Å². The maximum atomic E-state index is 11.3. The smallest absolute Gasteiger partial charge is 0.234 e. The van der Waals surface area contributed by atoms with Gasteiger partial charge in [0, 0.05) is 18.1 Å². The van der Waals surface area contributed by atoms with E-state index in [9.17, 15) is 9.90 Å². The first-order valence-electron chi connectivity index (χ1n) is 8.13. The third kappa shape index (κ3) is 4.73. The van der Waals surface area contributed by atoms with Crippen LogP contribution in [0.4, 0.5) is 0 Å². The Morgan fingerprint density at radius 2 is 2.25 bits per heavy atom. The highest BCUT2D eigenvalue weighted by Crippen LogP contribution is 2.33. The normalized spacial score (nSPS) is 10.6. The quantitative estimate of drug-likeness (QED) is 0.243. The van der Waals surface area contributed by atoms with Crippen LogP contribution in [-0.4, -0.2) is 27.8 Å². The number of phenolic OH excluding ortho intramolecular Hbond substituents is 1. The fourth-order valence-corrected chi connectivity index (χ4v) is 2.41. The van der Waals surface area contributed by atoms with Crippen molar-refractivity contribution in [2.75, 3.05) is 6.61 Å². The van der Waals surface area contributed by atoms with Gasteiger partial charge in [0.25, 0.3) is 0 Å². The van der Waals surface area contributed by atoms with Gasteiger partial charge in [-0.05, 0) is 30.5 Å². The van der Waals surface area contributed by atoms with Crippen LogP contribution in [0.25, 0.3) is 11.3 Å². The largest absolute Gasteiger partial charge is 0.507 e. The Hall–Kier alpha value is -2.54. The summed E-state index contributed by atoms with van der Waals surface area (Å²) in [6.07, 6.45) is 5.63. The first-order valence-corrected chi connectivity index (χ1v) is 8.13. The summed E-state index contributed by atoms with van der Waals surface area (Å²) in [5, 5.41) is 17.2. The molecule has 1 heterocycles. The van der Waals surface area contributed by atoms with Crippen molar-refractivity contribution in [2.45, 2.75) is 39.0 Å². The summed E-state index contributed by atoms with van der Waals surface area (Å²) < 4.78 is 5.63. The second-order valence-electron chi connectivity index (χ2n) is 5.57. The molecule has 0 unspecified atom stereocenters. The number of aromatic hydroxyl groups is 1. The molecule has 0 aliphatic carbocycles. The SMILES string of the molecule is CCCCCOc1ccc(-c2[nH]ncc2CCC(=O)NN)c(O)c1. The van der Waals surface area contributed by atoms with E-state index >= 15 is 0 Å². The highest BCUT2D eigenvalue weighted by Gasteiger charge is 2.13. The minimum atomic E-state index is -0.248. The van der Waals surface area contributed by atoms with E-state index in [1.54, 1.807) is 18.3 Å². The van der Waals surface area contributed by atoms with E-state index in [1.807, 2.05) is 6.07 Å². The number of carbonyl (C=O) groups excluding carboxylic acids is 1. The molecule has 2 aromatic rings. The van der Waals surface area contributed by atoms with E-state index in [0.29, 0.717) is 30.0 Å². The zero-order valence-electron chi connectivity index (χ0n) is 13.8. The predicted molar refractivity (Wildman–Crippen MR) is 91.4 cm³/mol. The Bertz CT molecular complexity index is 670. The van der Waals surface area contributed by atoms with Crippen molar-refractivity contribution in [3.8, 4) is 22.8 Å². The van der Waals surface area contributed by atoms with Gasteiger partial charge in [-0.3, -0.25) is 15.3 Å². The van der Waals surface area contributed by atoms with Gasteiger partial charge in [-0.15, -0.1) is 0 Å². The molecule has 7 nitrogen and oxygen atoms in total. The van der Waals surface area contributed by atoms with E-state index in [0.717, 1.165) is 24.8 Å². The zero-order valence-corrected chi connectivity index (χ0v) is 13.8. The van der Waals surface area contributed by atoms with Gasteiger partial charge in [0.05, 0.1) is 18.5 Å². The second-order valence-corrected chi connectivity index (χ2v) is 5.57. The van der Waals surface area contributed by atoms with Gasteiger partial charge >= 0.3 is 0 Å². The van der Waals surface area contributed by atoms with E-state index in [2.05, 4.69) is 22.5 Å². The zero-order chi connectivity index (χ0) is 17.4. The number of hydrogen-bond donors (Lipinski definition) is 4. The molecule has 0 bridgehead atoms. The lowest BCUT2D eigenvalue weighted by Crippen LogP contribution is -2.30. The van der Waals surface area contributed by atoms with Crippen molar-refractivity contribution in [1.29, 1.82) is 0 Å². The number of rotatable bonds is 9. The van der Waals surface area contributed by atoms with Crippen LogP contribution in [0.1, 0.15) is 38.2 Å². The molecule has 5 N–H and O–H groups in total. The van der Waals surface area contributed by atoms with Crippen molar-refractivity contribution in [1.82, 2.24) is 15.6 Å². The average Bonchev–Trinajstić information content (AvgIpc) is 3.05. The third-order valence-corrected chi connectivity index (χ3v) is 3.76. The second kappa shape index (κ2) is 8.93. The lowest BCUT2D eigenvalue weighted by Gasteiger charge is -2.09. The predicted octanol–water partition coefficient (Wildman–Crippen LogP) is 2.27. The summed E-state index contributed by atoms with van der Waals surface area (Å²) in [5.41, 5.74) is 4.25. The molecule has 7 heteroatoms. The Morgan fingerprint density at radius 3 is 2.96 bits per heavy atom. The number of carbonyl (C=O) groups is 1. The van der Waals surface area contributed by atoms with E-state index < -0.39 is 0 Å². The third-order valence-electron chi connectivity index (χ3n) is 3.76. The molecule has 0 spiro atoms. The fraction of sp³-hybridized carbons (Fsp3) is 0.412. The van der Waals surface area contributed by atoms with Gasteiger partial charge in [-0.2, -0.15) is 5.10 Å². The Kier molecular flexibility index (Phi) is 6.62. The summed E-state index contributed by atoms with van der Waals surface area (Å²) in [5.74, 6) is 5.58. The molecule has 130 valence electrons. The number of benzene rings is 1. The number of nitrogens with one attached hydrogen (secondary N) is 2. The average molecular weight is 332 g/mol. The Morgan fingerprint density at radius 1 is 1.42 bits per heavy atom. The van der Waals surface area contributed by atoms with Crippen LogP contribution < -0.4 is 16.0 Å². The van der Waals surface area contributed by atoms with Gasteiger partial charge in [0.1, 0.15) is 11.5 Å². The maximum absolute atomic E-state index is 11.3. The topological polar surface area (TPSA) is 113 Å². The van der Waals surface area contributed by atoms with Crippen molar-refractivity contribution in [3.63, 3.8) is 0 Å². The standard InChI is InChI=1S/C17H24N4O3/c1-2-3-4-9-24-13-6-7-14(15(22)10-13)17-12(11-19-21-17)5-8-16(23)20-18/h6-7,10-11,22H,2-5,8-9,18H2,1H3,(H,19,21)(H,20,23). The van der Waals surface area contributed by atoms with Gasteiger partial charge in [0.15, 0.2) is 0 Å². The number of phenols is 1. The minimum Gasteiger partial charge on any atom is -0.507 e. The lowest BCUT2D eigenvalue weighted by atomic mass is 10.0. The van der Waals surface area contributed by atoms with Gasteiger partial charge in [0.2, 0.25) is 5.91 Å². The lowest BCUT2D eigenvalue weighted by molar-refractivity contribution is -0.121. The van der Waals surface area contributed by atoms with Crippen LogP contribution >= 0.6 is 0 Å². The summed E-state index contributed by atoms with van der Waals surface area (Å²) in [7, 11) is 0. The van der Waals surface area contributed by atoms with Crippen molar-refractivity contribution in [3.05, 3.63) is 30.0 Å². The molecule has 24 heavy (non-hydrogen) atoms. The molecular weight excluding hydrogens is 308 g/mol. The molecule has 1 aromatic heterocycles. The van der Waals surface area contributed by atoms with Crippen molar-refractivity contribution < 1.29 is 14.6 Å². The van der Waals surface area contributed by atoms with E-state index in [4.69, 9.17) is 10.6 Å². The van der Waals surface area contributed by atoms with Crippen LogP contribution in [0.2, 0.25) is 0 Å². The number of hydrogen-bond acceptors (Lipinski definition) is 5. The van der Waals surface area contributed by atoms with Crippen LogP contribution in [0, 0.1) is 0 Å². The first-order chi connectivity index (χ1) is 11.7. The fourth-order valence-electron chi connectivity index (χ4n) is 2.41. The number of nitrogens with two attached hydrogens (primary N) is 1. The number of aromatic nitrogens is 2. The van der Waals surface area contributed by atoms with E-state index in [1.165, 1.54) is 0 Å².